The van der Waals surface area contributed by atoms with Gasteiger partial charge >= 0.3 is 11.8 Å². The molecule has 1 aromatic heterocycles. The molecule has 1 fully saturated rings. The second-order valence-electron chi connectivity index (χ2n) is 6.22. The normalized spacial score (nSPS) is 14.9. The number of hydrogen-bond acceptors (Lipinski definition) is 6. The van der Waals surface area contributed by atoms with E-state index in [1.807, 2.05) is 0 Å². The van der Waals surface area contributed by atoms with E-state index in [1.165, 1.54) is 12.1 Å². The number of fused-ring (bicyclic) bond motifs is 1. The molecule has 0 saturated heterocycles. The van der Waals surface area contributed by atoms with Crippen LogP contribution in [-0.2, 0) is 11.3 Å². The minimum Gasteiger partial charge on any atom is -0.408 e. The maximum Gasteiger partial charge on any atom is 0.420 e. The van der Waals surface area contributed by atoms with Gasteiger partial charge in [-0.1, -0.05) is 19.3 Å². The van der Waals surface area contributed by atoms with Gasteiger partial charge in [0.2, 0.25) is 5.91 Å². The summed E-state index contributed by atoms with van der Waals surface area (Å²) in [4.78, 5) is 46.1. The average Bonchev–Trinajstić information content (AvgIpc) is 2.90. The fourth-order valence-electron chi connectivity index (χ4n) is 3.09. The number of benzene rings is 1. The van der Waals surface area contributed by atoms with Crippen molar-refractivity contribution in [2.45, 2.75) is 44.7 Å². The van der Waals surface area contributed by atoms with Gasteiger partial charge in [-0.25, -0.2) is 9.59 Å². The van der Waals surface area contributed by atoms with Crippen molar-refractivity contribution >= 4 is 28.7 Å². The highest BCUT2D eigenvalue weighted by Crippen LogP contribution is 2.20. The zero-order valence-corrected chi connectivity index (χ0v) is 13.9. The number of hydrogen-bond donors (Lipinski definition) is 2. The third kappa shape index (κ3) is 3.90. The second-order valence-corrected chi connectivity index (χ2v) is 6.22. The van der Waals surface area contributed by atoms with E-state index in [-0.39, 0.29) is 22.8 Å². The van der Waals surface area contributed by atoms with Crippen molar-refractivity contribution in [3.63, 3.8) is 0 Å². The quantitative estimate of drug-likeness (QED) is 0.627. The number of amides is 3. The first-order valence-corrected chi connectivity index (χ1v) is 8.32. The van der Waals surface area contributed by atoms with E-state index < -0.39 is 29.2 Å². The minimum atomic E-state index is -0.830. The van der Waals surface area contributed by atoms with Crippen molar-refractivity contribution in [1.29, 1.82) is 0 Å². The van der Waals surface area contributed by atoms with Gasteiger partial charge in [0.05, 0.1) is 10.4 Å². The summed E-state index contributed by atoms with van der Waals surface area (Å²) in [5.41, 5.74) is 0.00888. The van der Waals surface area contributed by atoms with Crippen LogP contribution in [0.15, 0.2) is 27.4 Å². The molecule has 1 aliphatic rings. The molecule has 3 rings (SSSR count). The van der Waals surface area contributed by atoms with Crippen LogP contribution in [0.5, 0.6) is 0 Å². The van der Waals surface area contributed by atoms with Gasteiger partial charge in [0.1, 0.15) is 6.54 Å². The number of nitro groups is 1. The molecule has 2 N–H and O–H groups in total. The smallest absolute Gasteiger partial charge is 0.408 e. The molecule has 1 aliphatic carbocycles. The molecule has 0 atom stereocenters. The Labute approximate surface area is 147 Å². The Morgan fingerprint density at radius 2 is 2.00 bits per heavy atom. The van der Waals surface area contributed by atoms with Gasteiger partial charge in [-0.15, -0.1) is 0 Å². The standard InChI is InChI=1S/C16H18N4O6/c21-14(18-15(22)17-10-4-2-1-3-5-10)9-19-12-8-11(20(24)25)6-7-13(12)26-16(19)23/h6-8,10H,1-5,9H2,(H2,17,18,21,22). The summed E-state index contributed by atoms with van der Waals surface area (Å²) in [6, 6.07) is 3.06. The van der Waals surface area contributed by atoms with Crippen LogP contribution in [0.25, 0.3) is 11.1 Å². The SMILES string of the molecule is O=C(Cn1c(=O)oc2ccc([N+](=O)[O-])cc21)NC(=O)NC1CCCCC1. The third-order valence-corrected chi connectivity index (χ3v) is 4.36. The van der Waals surface area contributed by atoms with Crippen LogP contribution in [0, 0.1) is 10.1 Å². The molecule has 3 amide bonds. The molecule has 0 radical (unpaired) electrons. The summed E-state index contributed by atoms with van der Waals surface area (Å²) in [5.74, 6) is -1.54. The lowest BCUT2D eigenvalue weighted by atomic mass is 9.96. The first-order chi connectivity index (χ1) is 12.4. The predicted octanol–water partition coefficient (Wildman–Crippen LogP) is 1.66. The largest absolute Gasteiger partial charge is 0.420 e. The monoisotopic (exact) mass is 362 g/mol. The van der Waals surface area contributed by atoms with Crippen LogP contribution >= 0.6 is 0 Å². The van der Waals surface area contributed by atoms with E-state index in [9.17, 15) is 24.5 Å². The van der Waals surface area contributed by atoms with Gasteiger partial charge in [0, 0.05) is 18.2 Å². The molecule has 138 valence electrons. The number of urea groups is 1. The van der Waals surface area contributed by atoms with Crippen LogP contribution in [0.1, 0.15) is 32.1 Å². The lowest BCUT2D eigenvalue weighted by molar-refractivity contribution is -0.384. The molecule has 1 saturated carbocycles. The van der Waals surface area contributed by atoms with E-state index in [0.717, 1.165) is 42.7 Å². The van der Waals surface area contributed by atoms with E-state index in [0.29, 0.717) is 0 Å². The fourth-order valence-corrected chi connectivity index (χ4v) is 3.09. The Hall–Kier alpha value is -3.17. The molecule has 0 unspecified atom stereocenters. The molecule has 0 bridgehead atoms. The van der Waals surface area contributed by atoms with Crippen LogP contribution in [0.4, 0.5) is 10.5 Å². The summed E-state index contributed by atoms with van der Waals surface area (Å²) in [5, 5.41) is 15.8. The topological polar surface area (TPSA) is 136 Å². The number of carbonyl (C=O) groups is 2. The number of nitrogens with one attached hydrogen (secondary N) is 2. The maximum atomic E-state index is 12.1. The Balaban J connectivity index is 1.69. The molecule has 1 heterocycles. The lowest BCUT2D eigenvalue weighted by Crippen LogP contribution is -2.46. The van der Waals surface area contributed by atoms with Crippen molar-refractivity contribution in [3.8, 4) is 0 Å². The number of carbonyl (C=O) groups excluding carboxylic acids is 2. The summed E-state index contributed by atoms with van der Waals surface area (Å²) < 4.78 is 5.92. The van der Waals surface area contributed by atoms with E-state index >= 15 is 0 Å². The van der Waals surface area contributed by atoms with Crippen molar-refractivity contribution in [3.05, 3.63) is 38.9 Å². The molecule has 2 aromatic rings. The number of oxazole rings is 1. The molecule has 0 spiro atoms. The Kier molecular flexibility index (Phi) is 5.01. The number of nitro benzene ring substituents is 1. The van der Waals surface area contributed by atoms with Crippen molar-refractivity contribution in [1.82, 2.24) is 15.2 Å². The van der Waals surface area contributed by atoms with Gasteiger partial charge in [-0.05, 0) is 18.9 Å². The predicted molar refractivity (Wildman–Crippen MR) is 90.7 cm³/mol. The van der Waals surface area contributed by atoms with Crippen LogP contribution < -0.4 is 16.4 Å². The molecular weight excluding hydrogens is 344 g/mol. The lowest BCUT2D eigenvalue weighted by Gasteiger charge is -2.22. The molecule has 10 nitrogen and oxygen atoms in total. The van der Waals surface area contributed by atoms with E-state index in [2.05, 4.69) is 10.6 Å². The van der Waals surface area contributed by atoms with Gasteiger partial charge in [0.15, 0.2) is 5.58 Å². The highest BCUT2D eigenvalue weighted by molar-refractivity contribution is 5.94. The van der Waals surface area contributed by atoms with Crippen molar-refractivity contribution in [2.24, 2.45) is 0 Å². The highest BCUT2D eigenvalue weighted by Gasteiger charge is 2.19. The molecule has 1 aromatic carbocycles. The van der Waals surface area contributed by atoms with Crippen molar-refractivity contribution < 1.29 is 18.9 Å². The second kappa shape index (κ2) is 7.38. The fraction of sp³-hybridized carbons (Fsp3) is 0.438. The summed E-state index contributed by atoms with van der Waals surface area (Å²) in [6.07, 6.45) is 4.96. The molecular formula is C16H18N4O6. The minimum absolute atomic E-state index is 0.0386. The maximum absolute atomic E-state index is 12.1. The van der Waals surface area contributed by atoms with Gasteiger partial charge in [0.25, 0.3) is 5.69 Å². The van der Waals surface area contributed by atoms with E-state index in [4.69, 9.17) is 4.42 Å². The van der Waals surface area contributed by atoms with Gasteiger partial charge in [-0.3, -0.25) is 24.8 Å². The third-order valence-electron chi connectivity index (χ3n) is 4.36. The zero-order valence-electron chi connectivity index (χ0n) is 13.9. The number of non-ortho nitro benzene ring substituents is 1. The highest BCUT2D eigenvalue weighted by atomic mass is 16.6. The number of nitrogens with zero attached hydrogens (tertiary/aromatic N) is 2. The Bertz CT molecular complexity index is 909. The van der Waals surface area contributed by atoms with Crippen molar-refractivity contribution in [2.75, 3.05) is 0 Å². The zero-order chi connectivity index (χ0) is 18.7. The molecule has 0 aliphatic heterocycles. The Morgan fingerprint density at radius 3 is 2.69 bits per heavy atom. The van der Waals surface area contributed by atoms with Crippen LogP contribution in [0.3, 0.4) is 0 Å². The summed E-state index contributed by atoms with van der Waals surface area (Å²) in [6.45, 7) is -0.481. The number of imide groups is 1. The number of aromatic nitrogens is 1. The van der Waals surface area contributed by atoms with Crippen LogP contribution in [-0.4, -0.2) is 27.5 Å². The molecule has 10 heteroatoms. The summed E-state index contributed by atoms with van der Waals surface area (Å²) >= 11 is 0. The van der Waals surface area contributed by atoms with E-state index in [1.54, 1.807) is 0 Å². The number of rotatable bonds is 4. The molecule has 26 heavy (non-hydrogen) atoms. The van der Waals surface area contributed by atoms with Gasteiger partial charge < -0.3 is 9.73 Å². The first-order valence-electron chi connectivity index (χ1n) is 8.32. The summed E-state index contributed by atoms with van der Waals surface area (Å²) in [7, 11) is 0. The van der Waals surface area contributed by atoms with Gasteiger partial charge in [-0.2, -0.15) is 0 Å². The average molecular weight is 362 g/mol. The first kappa shape index (κ1) is 17.6. The van der Waals surface area contributed by atoms with Crippen LogP contribution in [0.2, 0.25) is 0 Å². The Morgan fingerprint density at radius 1 is 1.27 bits per heavy atom.